The lowest BCUT2D eigenvalue weighted by Crippen LogP contribution is -2.53. The third-order valence-electron chi connectivity index (χ3n) is 3.19. The minimum Gasteiger partial charge on any atom is -0.389 e. The second-order valence-electron chi connectivity index (χ2n) is 4.72. The predicted molar refractivity (Wildman–Crippen MR) is 62.0 cm³/mol. The lowest BCUT2D eigenvalue weighted by Gasteiger charge is -2.36. The first kappa shape index (κ1) is 13.0. The van der Waals surface area contributed by atoms with Gasteiger partial charge in [-0.3, -0.25) is 4.79 Å². The normalized spacial score (nSPS) is 17.4. The van der Waals surface area contributed by atoms with Crippen LogP contribution in [0.3, 0.4) is 0 Å². The van der Waals surface area contributed by atoms with Crippen LogP contribution in [0.15, 0.2) is 18.2 Å². The number of carbonyl (C=O) groups is 1. The van der Waals surface area contributed by atoms with Crippen molar-refractivity contribution in [3.8, 4) is 0 Å². The van der Waals surface area contributed by atoms with Crippen molar-refractivity contribution in [2.45, 2.75) is 25.4 Å². The molecule has 2 rings (SSSR count). The molecule has 1 amide bonds. The summed E-state index contributed by atoms with van der Waals surface area (Å²) in [5.41, 5.74) is 0.339. The molecule has 1 unspecified atom stereocenters. The SMILES string of the molecule is CC(CC(=O)N1CC(O)C1)c1ccc(F)cc1F. The molecule has 0 aromatic heterocycles. The van der Waals surface area contributed by atoms with Gasteiger partial charge in [-0.1, -0.05) is 13.0 Å². The van der Waals surface area contributed by atoms with Crippen LogP contribution in [0.2, 0.25) is 0 Å². The lowest BCUT2D eigenvalue weighted by molar-refractivity contribution is -0.141. The van der Waals surface area contributed by atoms with E-state index in [1.54, 1.807) is 6.92 Å². The van der Waals surface area contributed by atoms with Crippen molar-refractivity contribution in [1.82, 2.24) is 4.90 Å². The Bertz CT molecular complexity index is 458. The van der Waals surface area contributed by atoms with Crippen molar-refractivity contribution >= 4 is 5.91 Å². The maximum Gasteiger partial charge on any atom is 0.223 e. The molecule has 1 heterocycles. The number of carbonyl (C=O) groups excluding carboxylic acids is 1. The molecular formula is C13H15F2NO2. The Morgan fingerprint density at radius 3 is 2.72 bits per heavy atom. The Morgan fingerprint density at radius 2 is 2.17 bits per heavy atom. The Labute approximate surface area is 104 Å². The Morgan fingerprint density at radius 1 is 1.50 bits per heavy atom. The van der Waals surface area contributed by atoms with Gasteiger partial charge in [0.1, 0.15) is 11.6 Å². The highest BCUT2D eigenvalue weighted by Gasteiger charge is 2.29. The monoisotopic (exact) mass is 255 g/mol. The Balaban J connectivity index is 1.98. The molecule has 0 bridgehead atoms. The molecule has 1 aliphatic heterocycles. The first-order chi connectivity index (χ1) is 8.47. The molecule has 1 atom stereocenters. The fourth-order valence-corrected chi connectivity index (χ4v) is 2.06. The number of amides is 1. The number of β-amino-alcohol motifs (C(OH)–C–C–N with tert-alkyl or cyclic N) is 1. The van der Waals surface area contributed by atoms with E-state index in [1.165, 1.54) is 17.0 Å². The molecule has 5 heteroatoms. The van der Waals surface area contributed by atoms with E-state index in [0.29, 0.717) is 18.7 Å². The highest BCUT2D eigenvalue weighted by Crippen LogP contribution is 2.24. The molecule has 18 heavy (non-hydrogen) atoms. The van der Waals surface area contributed by atoms with Gasteiger partial charge in [0.25, 0.3) is 0 Å². The van der Waals surface area contributed by atoms with Crippen LogP contribution in [0, 0.1) is 11.6 Å². The standard InChI is InChI=1S/C13H15F2NO2/c1-8(4-13(18)16-6-10(17)7-16)11-3-2-9(14)5-12(11)15/h2-3,5,8,10,17H,4,6-7H2,1H3. The molecule has 0 radical (unpaired) electrons. The quantitative estimate of drug-likeness (QED) is 0.892. The van der Waals surface area contributed by atoms with Gasteiger partial charge in [0.05, 0.1) is 6.10 Å². The van der Waals surface area contributed by atoms with Crippen LogP contribution in [0.4, 0.5) is 8.78 Å². The third kappa shape index (κ3) is 2.67. The fraction of sp³-hybridized carbons (Fsp3) is 0.462. The van der Waals surface area contributed by atoms with Gasteiger partial charge in [0.2, 0.25) is 5.91 Å². The van der Waals surface area contributed by atoms with Crippen molar-refractivity contribution < 1.29 is 18.7 Å². The first-order valence-corrected chi connectivity index (χ1v) is 5.88. The van der Waals surface area contributed by atoms with Crippen LogP contribution >= 0.6 is 0 Å². The van der Waals surface area contributed by atoms with Gasteiger partial charge >= 0.3 is 0 Å². The van der Waals surface area contributed by atoms with E-state index in [4.69, 9.17) is 5.11 Å². The van der Waals surface area contributed by atoms with E-state index in [9.17, 15) is 13.6 Å². The van der Waals surface area contributed by atoms with Crippen LogP contribution in [-0.4, -0.2) is 35.1 Å². The summed E-state index contributed by atoms with van der Waals surface area (Å²) in [6.45, 7) is 2.42. The Kier molecular flexibility index (Phi) is 3.61. The molecule has 1 aromatic rings. The average Bonchev–Trinajstić information content (AvgIpc) is 2.24. The number of halogens is 2. The summed E-state index contributed by atoms with van der Waals surface area (Å²) in [6.07, 6.45) is -0.276. The zero-order valence-corrected chi connectivity index (χ0v) is 10.1. The van der Waals surface area contributed by atoms with Gasteiger partial charge in [-0.25, -0.2) is 8.78 Å². The summed E-state index contributed by atoms with van der Waals surface area (Å²) >= 11 is 0. The van der Waals surface area contributed by atoms with E-state index >= 15 is 0 Å². The van der Waals surface area contributed by atoms with Crippen molar-refractivity contribution in [3.05, 3.63) is 35.4 Å². The van der Waals surface area contributed by atoms with Crippen LogP contribution in [-0.2, 0) is 4.79 Å². The second-order valence-corrected chi connectivity index (χ2v) is 4.72. The topological polar surface area (TPSA) is 40.5 Å². The minimum absolute atomic E-state index is 0.114. The molecule has 1 aliphatic rings. The molecule has 98 valence electrons. The number of rotatable bonds is 3. The number of nitrogens with zero attached hydrogens (tertiary/aromatic N) is 1. The third-order valence-corrected chi connectivity index (χ3v) is 3.19. The maximum atomic E-state index is 13.5. The maximum absolute atomic E-state index is 13.5. The predicted octanol–water partition coefficient (Wildman–Crippen LogP) is 1.66. The number of aliphatic hydroxyl groups excluding tert-OH is 1. The van der Waals surface area contributed by atoms with Crippen LogP contribution in [0.1, 0.15) is 24.8 Å². The lowest BCUT2D eigenvalue weighted by atomic mass is 9.95. The van der Waals surface area contributed by atoms with Crippen molar-refractivity contribution in [1.29, 1.82) is 0 Å². The molecule has 0 aliphatic carbocycles. The minimum atomic E-state index is -0.626. The zero-order chi connectivity index (χ0) is 13.3. The number of hydrogen-bond acceptors (Lipinski definition) is 2. The van der Waals surface area contributed by atoms with E-state index in [0.717, 1.165) is 6.07 Å². The summed E-state index contributed by atoms with van der Waals surface area (Å²) in [5.74, 6) is -1.67. The summed E-state index contributed by atoms with van der Waals surface area (Å²) in [5, 5.41) is 9.10. The molecule has 1 aromatic carbocycles. The van der Waals surface area contributed by atoms with E-state index in [1.807, 2.05) is 0 Å². The van der Waals surface area contributed by atoms with E-state index < -0.39 is 17.7 Å². The smallest absolute Gasteiger partial charge is 0.223 e. The Hall–Kier alpha value is -1.49. The van der Waals surface area contributed by atoms with Gasteiger partial charge in [-0.05, 0) is 17.5 Å². The number of benzene rings is 1. The van der Waals surface area contributed by atoms with E-state index in [2.05, 4.69) is 0 Å². The van der Waals surface area contributed by atoms with Gasteiger partial charge in [-0.15, -0.1) is 0 Å². The molecular weight excluding hydrogens is 240 g/mol. The number of hydrogen-bond donors (Lipinski definition) is 1. The summed E-state index contributed by atoms with van der Waals surface area (Å²) < 4.78 is 26.3. The van der Waals surface area contributed by atoms with Gasteiger partial charge in [0, 0.05) is 25.6 Å². The van der Waals surface area contributed by atoms with Crippen molar-refractivity contribution in [2.24, 2.45) is 0 Å². The molecule has 0 saturated carbocycles. The van der Waals surface area contributed by atoms with Crippen molar-refractivity contribution in [3.63, 3.8) is 0 Å². The highest BCUT2D eigenvalue weighted by molar-refractivity contribution is 5.78. The fourth-order valence-electron chi connectivity index (χ4n) is 2.06. The van der Waals surface area contributed by atoms with Crippen LogP contribution in [0.5, 0.6) is 0 Å². The first-order valence-electron chi connectivity index (χ1n) is 5.88. The second kappa shape index (κ2) is 5.02. The summed E-state index contributed by atoms with van der Waals surface area (Å²) in [6, 6.07) is 3.38. The van der Waals surface area contributed by atoms with Crippen molar-refractivity contribution in [2.75, 3.05) is 13.1 Å². The van der Waals surface area contributed by atoms with Gasteiger partial charge < -0.3 is 10.0 Å². The average molecular weight is 255 g/mol. The summed E-state index contributed by atoms with van der Waals surface area (Å²) in [4.78, 5) is 13.3. The van der Waals surface area contributed by atoms with Gasteiger partial charge in [0.15, 0.2) is 0 Å². The highest BCUT2D eigenvalue weighted by atomic mass is 19.1. The van der Waals surface area contributed by atoms with Gasteiger partial charge in [-0.2, -0.15) is 0 Å². The molecule has 1 fully saturated rings. The molecule has 1 saturated heterocycles. The van der Waals surface area contributed by atoms with Crippen LogP contribution in [0.25, 0.3) is 0 Å². The largest absolute Gasteiger partial charge is 0.389 e. The van der Waals surface area contributed by atoms with Crippen LogP contribution < -0.4 is 0 Å². The van der Waals surface area contributed by atoms with E-state index in [-0.39, 0.29) is 18.2 Å². The summed E-state index contributed by atoms with van der Waals surface area (Å²) in [7, 11) is 0. The number of likely N-dealkylation sites (tertiary alicyclic amines) is 1. The number of aliphatic hydroxyl groups is 1. The molecule has 0 spiro atoms. The molecule has 3 nitrogen and oxygen atoms in total. The molecule has 1 N–H and O–H groups in total. The zero-order valence-electron chi connectivity index (χ0n) is 10.1.